The van der Waals surface area contributed by atoms with Gasteiger partial charge in [0.15, 0.2) is 0 Å². The molecule has 5 rings (SSSR count). The lowest BCUT2D eigenvalue weighted by Crippen LogP contribution is -2.71. The Morgan fingerprint density at radius 2 is 1.34 bits per heavy atom. The number of rotatable bonds is 1. The molecular weight excluding hydrogens is 440 g/mol. The van der Waals surface area contributed by atoms with E-state index >= 15 is 0 Å². The summed E-state index contributed by atoms with van der Waals surface area (Å²) in [5.41, 5.74) is -3.66. The maximum absolute atomic E-state index is 12.1. The summed E-state index contributed by atoms with van der Waals surface area (Å²) in [7, 11) is 0. The predicted octanol–water partition coefficient (Wildman–Crippen LogP) is 4.28. The van der Waals surface area contributed by atoms with Crippen molar-refractivity contribution in [3.63, 3.8) is 0 Å². The Morgan fingerprint density at radius 1 is 0.714 bits per heavy atom. The van der Waals surface area contributed by atoms with E-state index in [0.29, 0.717) is 12.3 Å². The van der Waals surface area contributed by atoms with Gasteiger partial charge in [-0.3, -0.25) is 0 Å². The largest absolute Gasteiger partial charge is 0.393 e. The van der Waals surface area contributed by atoms with Crippen LogP contribution < -0.4 is 0 Å². The standard InChI is InChI=1S/C30H52O5/c1-24(2)19-9-12-29(8)23(26(19,5)11-10-20(24)32)18(31)15-17-22-27(6,13-14-28(17,29)7)21(33)16-30(22,35)25(3,4)34/h17-23,31-35H,9-16H2,1-8H3/t17-,18-,19+,20+,21-,22-,23-,26+,27+,28-,29-,30+/m1/s1. The van der Waals surface area contributed by atoms with Gasteiger partial charge in [-0.05, 0) is 104 Å². The zero-order valence-corrected chi connectivity index (χ0v) is 23.4. The van der Waals surface area contributed by atoms with Crippen LogP contribution in [-0.2, 0) is 0 Å². The van der Waals surface area contributed by atoms with Gasteiger partial charge >= 0.3 is 0 Å². The van der Waals surface area contributed by atoms with E-state index in [9.17, 15) is 25.5 Å². The zero-order chi connectivity index (χ0) is 26.2. The lowest BCUT2D eigenvalue weighted by Gasteiger charge is -2.74. The lowest BCUT2D eigenvalue weighted by atomic mass is 9.31. The number of hydrogen-bond acceptors (Lipinski definition) is 5. The minimum atomic E-state index is -1.39. The smallest absolute Gasteiger partial charge is 0.0989 e. The van der Waals surface area contributed by atoms with Gasteiger partial charge in [0, 0.05) is 12.3 Å². The second-order valence-electron chi connectivity index (χ2n) is 15.9. The van der Waals surface area contributed by atoms with Crippen LogP contribution in [0, 0.1) is 50.7 Å². The molecule has 5 fully saturated rings. The molecule has 12 atom stereocenters. The van der Waals surface area contributed by atoms with Crippen LogP contribution in [0.1, 0.15) is 107 Å². The normalized spacial score (nSPS) is 59.7. The molecular formula is C30H52O5. The van der Waals surface area contributed by atoms with E-state index in [2.05, 4.69) is 41.5 Å². The highest BCUT2D eigenvalue weighted by Gasteiger charge is 2.76. The van der Waals surface area contributed by atoms with Crippen molar-refractivity contribution in [2.45, 2.75) is 136 Å². The van der Waals surface area contributed by atoms with Crippen molar-refractivity contribution in [2.75, 3.05) is 0 Å². The Kier molecular flexibility index (Phi) is 5.47. The fourth-order valence-corrected chi connectivity index (χ4v) is 11.7. The summed E-state index contributed by atoms with van der Waals surface area (Å²) in [5, 5.41) is 57.5. The maximum Gasteiger partial charge on any atom is 0.0989 e. The van der Waals surface area contributed by atoms with E-state index in [-0.39, 0.29) is 51.9 Å². The van der Waals surface area contributed by atoms with Crippen molar-refractivity contribution in [3.8, 4) is 0 Å². The number of fused-ring (bicyclic) bond motifs is 7. The molecule has 202 valence electrons. The first-order valence-electron chi connectivity index (χ1n) is 14.3. The second-order valence-corrected chi connectivity index (χ2v) is 15.9. The molecule has 5 N–H and O–H groups in total. The van der Waals surface area contributed by atoms with Gasteiger partial charge < -0.3 is 25.5 Å². The molecule has 0 unspecified atom stereocenters. The van der Waals surface area contributed by atoms with E-state index in [1.807, 2.05) is 0 Å². The van der Waals surface area contributed by atoms with Gasteiger partial charge in [-0.2, -0.15) is 0 Å². The summed E-state index contributed by atoms with van der Waals surface area (Å²) in [6.07, 6.45) is 4.90. The van der Waals surface area contributed by atoms with Crippen molar-refractivity contribution in [1.82, 2.24) is 0 Å². The molecule has 0 heterocycles. The van der Waals surface area contributed by atoms with E-state index in [1.54, 1.807) is 13.8 Å². The third-order valence-corrected chi connectivity index (χ3v) is 14.0. The highest BCUT2D eigenvalue weighted by molar-refractivity contribution is 5.25. The van der Waals surface area contributed by atoms with Crippen molar-refractivity contribution >= 4 is 0 Å². The maximum atomic E-state index is 12.1. The topological polar surface area (TPSA) is 101 Å². The van der Waals surface area contributed by atoms with Crippen molar-refractivity contribution in [3.05, 3.63) is 0 Å². The predicted molar refractivity (Wildman–Crippen MR) is 136 cm³/mol. The molecule has 0 aromatic rings. The van der Waals surface area contributed by atoms with Gasteiger partial charge in [0.25, 0.3) is 0 Å². The molecule has 5 aliphatic carbocycles. The Balaban J connectivity index is 1.62. The summed E-state index contributed by atoms with van der Waals surface area (Å²) in [5.74, 6) is 0.245. The third-order valence-electron chi connectivity index (χ3n) is 14.0. The summed E-state index contributed by atoms with van der Waals surface area (Å²) in [6, 6.07) is 0. The van der Waals surface area contributed by atoms with Crippen LogP contribution in [0.15, 0.2) is 0 Å². The van der Waals surface area contributed by atoms with Gasteiger partial charge in [-0.25, -0.2) is 0 Å². The van der Waals surface area contributed by atoms with Gasteiger partial charge in [-0.15, -0.1) is 0 Å². The summed E-state index contributed by atoms with van der Waals surface area (Å²) in [6.45, 7) is 17.1. The summed E-state index contributed by atoms with van der Waals surface area (Å²) in [4.78, 5) is 0. The SMILES string of the molecule is CC1(C)[C@@H](O)CC[C@]2(C)[C@H]3[C@H](O)C[C@@H]4[C@@H]5[C@@](C)(CC[C@@]4(C)[C@]3(C)CC[C@@H]12)[C@H](O)C[C@@]5(O)C(C)(C)O. The van der Waals surface area contributed by atoms with Crippen LogP contribution in [0.2, 0.25) is 0 Å². The minimum Gasteiger partial charge on any atom is -0.393 e. The van der Waals surface area contributed by atoms with E-state index < -0.39 is 28.8 Å². The van der Waals surface area contributed by atoms with Gasteiger partial charge in [0.05, 0.1) is 29.5 Å². The molecule has 35 heavy (non-hydrogen) atoms. The molecule has 0 radical (unpaired) electrons. The quantitative estimate of drug-likeness (QED) is 0.376. The molecule has 5 heteroatoms. The van der Waals surface area contributed by atoms with Crippen molar-refractivity contribution in [1.29, 1.82) is 0 Å². The van der Waals surface area contributed by atoms with Crippen LogP contribution >= 0.6 is 0 Å². The zero-order valence-electron chi connectivity index (χ0n) is 23.4. The highest BCUT2D eigenvalue weighted by atomic mass is 16.4. The van der Waals surface area contributed by atoms with Crippen LogP contribution in [0.3, 0.4) is 0 Å². The van der Waals surface area contributed by atoms with E-state index in [4.69, 9.17) is 0 Å². The molecule has 0 bridgehead atoms. The van der Waals surface area contributed by atoms with Gasteiger partial charge in [0.1, 0.15) is 0 Å². The molecule has 5 aliphatic rings. The van der Waals surface area contributed by atoms with E-state index in [0.717, 1.165) is 38.5 Å². The van der Waals surface area contributed by atoms with Crippen LogP contribution in [-0.4, -0.2) is 55.0 Å². The second kappa shape index (κ2) is 7.25. The van der Waals surface area contributed by atoms with Gasteiger partial charge in [0.2, 0.25) is 0 Å². The average Bonchev–Trinajstić information content (AvgIpc) is 2.93. The first-order valence-corrected chi connectivity index (χ1v) is 14.3. The van der Waals surface area contributed by atoms with Crippen molar-refractivity contribution in [2.24, 2.45) is 50.7 Å². The van der Waals surface area contributed by atoms with Crippen LogP contribution in [0.4, 0.5) is 0 Å². The average molecular weight is 493 g/mol. The van der Waals surface area contributed by atoms with Crippen LogP contribution in [0.5, 0.6) is 0 Å². The Hall–Kier alpha value is -0.200. The first kappa shape index (κ1) is 26.4. The third kappa shape index (κ3) is 2.94. The number of aliphatic hydroxyl groups excluding tert-OH is 3. The Labute approximate surface area is 212 Å². The number of aliphatic hydroxyl groups is 5. The molecule has 5 nitrogen and oxygen atoms in total. The fourth-order valence-electron chi connectivity index (χ4n) is 11.7. The molecule has 5 saturated carbocycles. The van der Waals surface area contributed by atoms with Gasteiger partial charge in [-0.1, -0.05) is 41.5 Å². The molecule has 0 aliphatic heterocycles. The first-order chi connectivity index (χ1) is 15.8. The highest BCUT2D eigenvalue weighted by Crippen LogP contribution is 2.77. The molecule has 0 saturated heterocycles. The van der Waals surface area contributed by atoms with E-state index in [1.165, 1.54) is 0 Å². The Bertz CT molecular complexity index is 880. The molecule has 0 aromatic carbocycles. The molecule has 0 spiro atoms. The molecule has 0 amide bonds. The van der Waals surface area contributed by atoms with Crippen LogP contribution in [0.25, 0.3) is 0 Å². The lowest BCUT2D eigenvalue weighted by molar-refractivity contribution is -0.293. The number of hydrogen-bond donors (Lipinski definition) is 5. The fraction of sp³-hybridized carbons (Fsp3) is 1.00. The summed E-state index contributed by atoms with van der Waals surface area (Å²) < 4.78 is 0. The Morgan fingerprint density at radius 3 is 1.94 bits per heavy atom. The van der Waals surface area contributed by atoms with Crippen molar-refractivity contribution < 1.29 is 25.5 Å². The minimum absolute atomic E-state index is 0.0217. The monoisotopic (exact) mass is 492 g/mol. The summed E-state index contributed by atoms with van der Waals surface area (Å²) >= 11 is 0. The molecule has 0 aromatic heterocycles.